The summed E-state index contributed by atoms with van der Waals surface area (Å²) in [4.78, 5) is 14.2. The van der Waals surface area contributed by atoms with Crippen molar-refractivity contribution >= 4 is 18.3 Å². The van der Waals surface area contributed by atoms with E-state index in [0.29, 0.717) is 17.9 Å². The number of nitrogens with one attached hydrogen (secondary N) is 1. The monoisotopic (exact) mass is 260 g/mol. The smallest absolute Gasteiger partial charge is 0.222 e. The molecule has 0 radical (unpaired) electrons. The number of rotatable bonds is 2. The SMILES string of the molecule is CC1CCC(CC(=O)N2CCNC(C)C2)C1.Cl. The van der Waals surface area contributed by atoms with Gasteiger partial charge in [-0.25, -0.2) is 0 Å². The van der Waals surface area contributed by atoms with Crippen LogP contribution < -0.4 is 5.32 Å². The molecule has 17 heavy (non-hydrogen) atoms. The highest BCUT2D eigenvalue weighted by Gasteiger charge is 2.27. The van der Waals surface area contributed by atoms with Crippen LogP contribution in [-0.2, 0) is 4.79 Å². The van der Waals surface area contributed by atoms with Gasteiger partial charge in [0.15, 0.2) is 0 Å². The predicted molar refractivity (Wildman–Crippen MR) is 72.4 cm³/mol. The number of hydrogen-bond acceptors (Lipinski definition) is 2. The topological polar surface area (TPSA) is 32.3 Å². The number of halogens is 1. The quantitative estimate of drug-likeness (QED) is 0.824. The van der Waals surface area contributed by atoms with Gasteiger partial charge in [-0.15, -0.1) is 12.4 Å². The maximum Gasteiger partial charge on any atom is 0.222 e. The summed E-state index contributed by atoms with van der Waals surface area (Å²) >= 11 is 0. The van der Waals surface area contributed by atoms with Gasteiger partial charge in [-0.1, -0.05) is 13.3 Å². The molecule has 1 amide bonds. The van der Waals surface area contributed by atoms with Gasteiger partial charge in [0.25, 0.3) is 0 Å². The Morgan fingerprint density at radius 1 is 1.35 bits per heavy atom. The Labute approximate surface area is 111 Å². The van der Waals surface area contributed by atoms with Gasteiger partial charge in [-0.05, 0) is 31.6 Å². The summed E-state index contributed by atoms with van der Waals surface area (Å²) in [5.41, 5.74) is 0. The Hall–Kier alpha value is -0.280. The van der Waals surface area contributed by atoms with Crippen molar-refractivity contribution in [2.45, 2.75) is 45.6 Å². The fraction of sp³-hybridized carbons (Fsp3) is 0.923. The molecular weight excluding hydrogens is 236 g/mol. The fourth-order valence-corrected chi connectivity index (χ4v) is 3.05. The first kappa shape index (κ1) is 14.8. The lowest BCUT2D eigenvalue weighted by atomic mass is 10.0. The second-order valence-corrected chi connectivity index (χ2v) is 5.68. The number of nitrogens with zero attached hydrogens (tertiary/aromatic N) is 1. The molecule has 3 atom stereocenters. The first-order valence-corrected chi connectivity index (χ1v) is 6.66. The molecule has 1 saturated carbocycles. The van der Waals surface area contributed by atoms with Crippen LogP contribution in [0.15, 0.2) is 0 Å². The van der Waals surface area contributed by atoms with E-state index >= 15 is 0 Å². The Morgan fingerprint density at radius 3 is 2.71 bits per heavy atom. The van der Waals surface area contributed by atoms with Crippen molar-refractivity contribution in [2.24, 2.45) is 11.8 Å². The summed E-state index contributed by atoms with van der Waals surface area (Å²) in [5.74, 6) is 1.87. The molecule has 0 aromatic heterocycles. The van der Waals surface area contributed by atoms with Crippen LogP contribution in [0, 0.1) is 11.8 Å². The minimum atomic E-state index is 0. The van der Waals surface area contributed by atoms with Gasteiger partial charge in [0.1, 0.15) is 0 Å². The van der Waals surface area contributed by atoms with Crippen LogP contribution in [-0.4, -0.2) is 36.5 Å². The Kier molecular flexibility index (Phi) is 5.74. The fourth-order valence-electron chi connectivity index (χ4n) is 3.05. The summed E-state index contributed by atoms with van der Waals surface area (Å²) in [6.45, 7) is 7.19. The number of hydrogen-bond donors (Lipinski definition) is 1. The molecule has 2 fully saturated rings. The number of carbonyl (C=O) groups excluding carboxylic acids is 1. The van der Waals surface area contributed by atoms with Crippen molar-refractivity contribution in [2.75, 3.05) is 19.6 Å². The molecule has 4 heteroatoms. The highest BCUT2D eigenvalue weighted by molar-refractivity contribution is 5.85. The molecule has 2 rings (SSSR count). The molecule has 3 unspecified atom stereocenters. The van der Waals surface area contributed by atoms with E-state index in [2.05, 4.69) is 19.2 Å². The van der Waals surface area contributed by atoms with Gasteiger partial charge in [-0.3, -0.25) is 4.79 Å². The lowest BCUT2D eigenvalue weighted by molar-refractivity contribution is -0.133. The van der Waals surface area contributed by atoms with Gasteiger partial charge in [0.05, 0.1) is 0 Å². The van der Waals surface area contributed by atoms with E-state index in [4.69, 9.17) is 0 Å². The molecule has 1 saturated heterocycles. The van der Waals surface area contributed by atoms with Crippen molar-refractivity contribution in [1.82, 2.24) is 10.2 Å². The average Bonchev–Trinajstić information content (AvgIpc) is 2.64. The Bertz CT molecular complexity index is 260. The van der Waals surface area contributed by atoms with Crippen LogP contribution in [0.1, 0.15) is 39.5 Å². The minimum Gasteiger partial charge on any atom is -0.340 e. The van der Waals surface area contributed by atoms with Crippen molar-refractivity contribution in [1.29, 1.82) is 0 Å². The number of piperazine rings is 1. The summed E-state index contributed by atoms with van der Waals surface area (Å²) < 4.78 is 0. The third-order valence-corrected chi connectivity index (χ3v) is 3.99. The third kappa shape index (κ3) is 4.14. The van der Waals surface area contributed by atoms with E-state index < -0.39 is 0 Å². The van der Waals surface area contributed by atoms with Crippen LogP contribution in [0.25, 0.3) is 0 Å². The van der Waals surface area contributed by atoms with Crippen molar-refractivity contribution in [3.05, 3.63) is 0 Å². The van der Waals surface area contributed by atoms with Gasteiger partial charge in [-0.2, -0.15) is 0 Å². The Balaban J connectivity index is 0.00000144. The van der Waals surface area contributed by atoms with E-state index in [1.165, 1.54) is 19.3 Å². The third-order valence-electron chi connectivity index (χ3n) is 3.99. The largest absolute Gasteiger partial charge is 0.340 e. The lowest BCUT2D eigenvalue weighted by Gasteiger charge is -2.32. The molecule has 0 bridgehead atoms. The van der Waals surface area contributed by atoms with E-state index in [9.17, 15) is 4.79 Å². The van der Waals surface area contributed by atoms with Crippen LogP contribution in [0.5, 0.6) is 0 Å². The molecule has 1 aliphatic heterocycles. The normalized spacial score (nSPS) is 33.3. The highest BCUT2D eigenvalue weighted by atomic mass is 35.5. The summed E-state index contributed by atoms with van der Waals surface area (Å²) in [5, 5.41) is 3.37. The highest BCUT2D eigenvalue weighted by Crippen LogP contribution is 2.32. The van der Waals surface area contributed by atoms with Crippen LogP contribution in [0.2, 0.25) is 0 Å². The van der Waals surface area contributed by atoms with E-state index in [0.717, 1.165) is 32.0 Å². The lowest BCUT2D eigenvalue weighted by Crippen LogP contribution is -2.51. The maximum absolute atomic E-state index is 12.1. The summed E-state index contributed by atoms with van der Waals surface area (Å²) in [7, 11) is 0. The van der Waals surface area contributed by atoms with E-state index in [-0.39, 0.29) is 12.4 Å². The first-order valence-electron chi connectivity index (χ1n) is 6.66. The number of amides is 1. The summed E-state index contributed by atoms with van der Waals surface area (Å²) in [6, 6.07) is 0.459. The second kappa shape index (κ2) is 6.60. The van der Waals surface area contributed by atoms with E-state index in [1.54, 1.807) is 0 Å². The molecule has 0 aromatic rings. The molecule has 1 N–H and O–H groups in total. The zero-order valence-electron chi connectivity index (χ0n) is 10.9. The molecule has 0 spiro atoms. The van der Waals surface area contributed by atoms with Gasteiger partial charge < -0.3 is 10.2 Å². The van der Waals surface area contributed by atoms with Crippen LogP contribution in [0.4, 0.5) is 0 Å². The average molecular weight is 261 g/mol. The van der Waals surface area contributed by atoms with Crippen molar-refractivity contribution in [3.63, 3.8) is 0 Å². The molecule has 1 aliphatic carbocycles. The van der Waals surface area contributed by atoms with Crippen molar-refractivity contribution in [3.8, 4) is 0 Å². The molecule has 3 nitrogen and oxygen atoms in total. The number of carbonyl (C=O) groups is 1. The first-order chi connectivity index (χ1) is 7.65. The zero-order valence-corrected chi connectivity index (χ0v) is 11.8. The van der Waals surface area contributed by atoms with Crippen molar-refractivity contribution < 1.29 is 4.79 Å². The standard InChI is InChI=1S/C13H24N2O.ClH/c1-10-3-4-12(7-10)8-13(16)15-6-5-14-11(2)9-15;/h10-12,14H,3-9H2,1-2H3;1H. The predicted octanol–water partition coefficient (Wildman–Crippen LogP) is 2.05. The second-order valence-electron chi connectivity index (χ2n) is 5.68. The molecule has 1 heterocycles. The van der Waals surface area contributed by atoms with Crippen LogP contribution in [0.3, 0.4) is 0 Å². The van der Waals surface area contributed by atoms with Gasteiger partial charge in [0, 0.05) is 32.1 Å². The molecule has 2 aliphatic rings. The van der Waals surface area contributed by atoms with E-state index in [1.807, 2.05) is 4.90 Å². The summed E-state index contributed by atoms with van der Waals surface area (Å²) in [6.07, 6.45) is 4.62. The van der Waals surface area contributed by atoms with Gasteiger partial charge in [0.2, 0.25) is 5.91 Å². The molecule has 0 aromatic carbocycles. The molecular formula is C13H25ClN2O. The molecule has 100 valence electrons. The Morgan fingerprint density at radius 2 is 2.12 bits per heavy atom. The van der Waals surface area contributed by atoms with Crippen LogP contribution >= 0.6 is 12.4 Å². The van der Waals surface area contributed by atoms with Gasteiger partial charge >= 0.3 is 0 Å². The maximum atomic E-state index is 12.1. The minimum absolute atomic E-state index is 0. The zero-order chi connectivity index (χ0) is 11.5.